The van der Waals surface area contributed by atoms with Crippen molar-refractivity contribution in [3.05, 3.63) is 58.6 Å². The zero-order valence-electron chi connectivity index (χ0n) is 10.8. The van der Waals surface area contributed by atoms with Gasteiger partial charge < -0.3 is 15.4 Å². The van der Waals surface area contributed by atoms with Crippen molar-refractivity contribution in [2.24, 2.45) is 0 Å². The predicted molar refractivity (Wildman–Crippen MR) is 80.4 cm³/mol. The molecule has 3 N–H and O–H groups in total. The fourth-order valence-corrected chi connectivity index (χ4v) is 2.00. The maximum Gasteiger partial charge on any atom is 0.489 e. The van der Waals surface area contributed by atoms with Crippen LogP contribution in [0.1, 0.15) is 15.9 Å². The van der Waals surface area contributed by atoms with Gasteiger partial charge in [0, 0.05) is 21.7 Å². The molecule has 1 amide bonds. The van der Waals surface area contributed by atoms with Crippen molar-refractivity contribution in [1.29, 1.82) is 0 Å². The molecule has 4 nitrogen and oxygen atoms in total. The lowest BCUT2D eigenvalue weighted by Gasteiger charge is -2.08. The first-order valence-corrected chi connectivity index (χ1v) is 6.39. The second-order valence-electron chi connectivity index (χ2n) is 4.43. The van der Waals surface area contributed by atoms with Gasteiger partial charge in [-0.05, 0) is 31.2 Å². The normalized spacial score (nSPS) is 10.2. The van der Waals surface area contributed by atoms with Crippen molar-refractivity contribution in [2.75, 3.05) is 5.32 Å². The number of rotatable bonds is 3. The molecule has 0 aromatic heterocycles. The minimum atomic E-state index is -1.66. The quantitative estimate of drug-likeness (QED) is 0.751. The van der Waals surface area contributed by atoms with Crippen LogP contribution < -0.4 is 10.8 Å². The smallest absolute Gasteiger partial charge is 0.423 e. The SMILES string of the molecule is Cc1ccc(NC(=O)c2ccc(B(O)O)c(Cl)c2)cc1. The summed E-state index contributed by atoms with van der Waals surface area (Å²) in [5.74, 6) is -0.310. The van der Waals surface area contributed by atoms with Gasteiger partial charge in [-0.15, -0.1) is 0 Å². The molecule has 0 spiro atoms. The molecule has 2 rings (SSSR count). The van der Waals surface area contributed by atoms with E-state index in [0.29, 0.717) is 11.3 Å². The number of anilines is 1. The number of benzene rings is 2. The van der Waals surface area contributed by atoms with Crippen LogP contribution in [0.15, 0.2) is 42.5 Å². The number of amides is 1. The first-order valence-electron chi connectivity index (χ1n) is 6.01. The van der Waals surface area contributed by atoms with Crippen molar-refractivity contribution in [1.82, 2.24) is 0 Å². The number of carbonyl (C=O) groups is 1. The molecule has 0 heterocycles. The lowest BCUT2D eigenvalue weighted by atomic mass is 9.80. The van der Waals surface area contributed by atoms with Crippen molar-refractivity contribution in [2.45, 2.75) is 6.92 Å². The minimum absolute atomic E-state index is 0.136. The minimum Gasteiger partial charge on any atom is -0.423 e. The Balaban J connectivity index is 2.17. The monoisotopic (exact) mass is 289 g/mol. The summed E-state index contributed by atoms with van der Waals surface area (Å²) in [7, 11) is -1.66. The van der Waals surface area contributed by atoms with E-state index in [-0.39, 0.29) is 16.4 Å². The van der Waals surface area contributed by atoms with Crippen LogP contribution in [0.5, 0.6) is 0 Å². The molecule has 0 atom stereocenters. The lowest BCUT2D eigenvalue weighted by molar-refractivity contribution is 0.102. The van der Waals surface area contributed by atoms with Gasteiger partial charge in [-0.25, -0.2) is 0 Å². The molecular weight excluding hydrogens is 276 g/mol. The largest absolute Gasteiger partial charge is 0.489 e. The predicted octanol–water partition coefficient (Wildman–Crippen LogP) is 1.58. The van der Waals surface area contributed by atoms with Crippen LogP contribution in [-0.4, -0.2) is 23.1 Å². The van der Waals surface area contributed by atoms with Gasteiger partial charge in [-0.1, -0.05) is 35.4 Å². The highest BCUT2D eigenvalue weighted by atomic mass is 35.5. The fourth-order valence-electron chi connectivity index (χ4n) is 1.72. The van der Waals surface area contributed by atoms with E-state index >= 15 is 0 Å². The molecule has 2 aromatic rings. The molecule has 0 saturated carbocycles. The molecular formula is C14H13BClNO3. The fraction of sp³-hybridized carbons (Fsp3) is 0.0714. The summed E-state index contributed by atoms with van der Waals surface area (Å²) in [6.45, 7) is 1.96. The number of hydrogen-bond acceptors (Lipinski definition) is 3. The Labute approximate surface area is 122 Å². The van der Waals surface area contributed by atoms with Crippen LogP contribution >= 0.6 is 11.6 Å². The molecule has 6 heteroatoms. The zero-order valence-corrected chi connectivity index (χ0v) is 11.6. The van der Waals surface area contributed by atoms with Crippen LogP contribution in [0.25, 0.3) is 0 Å². The van der Waals surface area contributed by atoms with Gasteiger partial charge in [0.05, 0.1) is 0 Å². The van der Waals surface area contributed by atoms with Crippen molar-refractivity contribution in [3.8, 4) is 0 Å². The molecule has 0 saturated heterocycles. The number of hydrogen-bond donors (Lipinski definition) is 3. The van der Waals surface area contributed by atoms with E-state index in [0.717, 1.165) is 5.56 Å². The number of halogens is 1. The standard InChI is InChI=1S/C14H13BClNO3/c1-9-2-5-11(6-3-9)17-14(18)10-4-7-12(15(19)20)13(16)8-10/h2-8,19-20H,1H3,(H,17,18). The molecule has 0 aliphatic carbocycles. The summed E-state index contributed by atoms with van der Waals surface area (Å²) in [4.78, 5) is 12.0. The van der Waals surface area contributed by atoms with E-state index in [1.807, 2.05) is 19.1 Å². The average Bonchev–Trinajstić information content (AvgIpc) is 2.40. The summed E-state index contributed by atoms with van der Waals surface area (Å²) < 4.78 is 0. The van der Waals surface area contributed by atoms with Gasteiger partial charge in [-0.3, -0.25) is 4.79 Å². The van der Waals surface area contributed by atoms with Crippen LogP contribution in [0, 0.1) is 6.92 Å². The highest BCUT2D eigenvalue weighted by molar-refractivity contribution is 6.62. The molecule has 0 fully saturated rings. The van der Waals surface area contributed by atoms with Gasteiger partial charge in [0.15, 0.2) is 0 Å². The molecule has 0 aliphatic heterocycles. The Morgan fingerprint density at radius 1 is 1.15 bits per heavy atom. The Hall–Kier alpha value is -1.82. The van der Waals surface area contributed by atoms with Crippen LogP contribution in [-0.2, 0) is 0 Å². The van der Waals surface area contributed by atoms with E-state index < -0.39 is 7.12 Å². The first kappa shape index (κ1) is 14.6. The topological polar surface area (TPSA) is 69.6 Å². The van der Waals surface area contributed by atoms with Gasteiger partial charge in [0.25, 0.3) is 5.91 Å². The first-order chi connectivity index (χ1) is 9.47. The van der Waals surface area contributed by atoms with E-state index in [2.05, 4.69) is 5.32 Å². The lowest BCUT2D eigenvalue weighted by Crippen LogP contribution is -2.31. The van der Waals surface area contributed by atoms with Crippen LogP contribution in [0.3, 0.4) is 0 Å². The number of carbonyl (C=O) groups excluding carboxylic acids is 1. The molecule has 0 aliphatic rings. The number of aryl methyl sites for hydroxylation is 1. The van der Waals surface area contributed by atoms with Crippen LogP contribution in [0.4, 0.5) is 5.69 Å². The summed E-state index contributed by atoms with van der Waals surface area (Å²) in [6.07, 6.45) is 0. The molecule has 0 bridgehead atoms. The van der Waals surface area contributed by atoms with Crippen molar-refractivity contribution < 1.29 is 14.8 Å². The Kier molecular flexibility index (Phi) is 4.44. The zero-order chi connectivity index (χ0) is 14.7. The Bertz CT molecular complexity index is 629. The molecule has 102 valence electrons. The second-order valence-corrected chi connectivity index (χ2v) is 4.84. The third-order valence-corrected chi connectivity index (χ3v) is 3.18. The van der Waals surface area contributed by atoms with Crippen molar-refractivity contribution >= 4 is 35.8 Å². The van der Waals surface area contributed by atoms with Gasteiger partial charge >= 0.3 is 7.12 Å². The summed E-state index contributed by atoms with van der Waals surface area (Å²) in [5.41, 5.74) is 2.30. The van der Waals surface area contributed by atoms with E-state index in [4.69, 9.17) is 21.6 Å². The van der Waals surface area contributed by atoms with Crippen molar-refractivity contribution in [3.63, 3.8) is 0 Å². The summed E-state index contributed by atoms with van der Waals surface area (Å²) in [5, 5.41) is 21.0. The number of nitrogens with one attached hydrogen (secondary N) is 1. The molecule has 0 radical (unpaired) electrons. The highest BCUT2D eigenvalue weighted by Gasteiger charge is 2.17. The Morgan fingerprint density at radius 2 is 1.80 bits per heavy atom. The van der Waals surface area contributed by atoms with E-state index in [9.17, 15) is 4.79 Å². The van der Waals surface area contributed by atoms with E-state index in [1.165, 1.54) is 18.2 Å². The third kappa shape index (κ3) is 3.39. The van der Waals surface area contributed by atoms with Gasteiger partial charge in [0.1, 0.15) is 0 Å². The molecule has 2 aromatic carbocycles. The van der Waals surface area contributed by atoms with Gasteiger partial charge in [0.2, 0.25) is 0 Å². The summed E-state index contributed by atoms with van der Waals surface area (Å²) in [6, 6.07) is 11.7. The molecule has 20 heavy (non-hydrogen) atoms. The maximum absolute atomic E-state index is 12.0. The average molecular weight is 290 g/mol. The summed E-state index contributed by atoms with van der Waals surface area (Å²) >= 11 is 5.89. The third-order valence-electron chi connectivity index (χ3n) is 2.85. The van der Waals surface area contributed by atoms with E-state index in [1.54, 1.807) is 12.1 Å². The maximum atomic E-state index is 12.0. The Morgan fingerprint density at radius 3 is 2.35 bits per heavy atom. The molecule has 0 unspecified atom stereocenters. The second kappa shape index (κ2) is 6.09. The highest BCUT2D eigenvalue weighted by Crippen LogP contribution is 2.13. The van der Waals surface area contributed by atoms with Crippen LogP contribution in [0.2, 0.25) is 5.02 Å². The van der Waals surface area contributed by atoms with Gasteiger partial charge in [-0.2, -0.15) is 0 Å².